The van der Waals surface area contributed by atoms with E-state index < -0.39 is 17.7 Å². The Balaban J connectivity index is 2.55. The minimum Gasteiger partial charge on any atom is -0.388 e. The Morgan fingerprint density at radius 2 is 1.87 bits per heavy atom. The predicted octanol–water partition coefficient (Wildman–Crippen LogP) is -0.139. The number of amides is 1. The highest BCUT2D eigenvalue weighted by molar-refractivity contribution is 5.81. The molecule has 15 heavy (non-hydrogen) atoms. The van der Waals surface area contributed by atoms with Crippen LogP contribution in [0.4, 0.5) is 13.2 Å². The maximum Gasteiger partial charge on any atom is 0.471 e. The van der Waals surface area contributed by atoms with Crippen LogP contribution in [0.2, 0.25) is 0 Å². The van der Waals surface area contributed by atoms with Gasteiger partial charge in [-0.25, -0.2) is 0 Å². The zero-order valence-corrected chi connectivity index (χ0v) is 8.05. The first-order chi connectivity index (χ1) is 6.78. The van der Waals surface area contributed by atoms with Gasteiger partial charge in [0.2, 0.25) is 0 Å². The molecule has 0 bridgehead atoms. The smallest absolute Gasteiger partial charge is 0.388 e. The van der Waals surface area contributed by atoms with Crippen molar-refractivity contribution in [3.8, 4) is 0 Å². The average molecular weight is 226 g/mol. The predicted molar refractivity (Wildman–Crippen MR) is 45.9 cm³/mol. The summed E-state index contributed by atoms with van der Waals surface area (Å²) in [5, 5.41) is 9.64. The van der Waals surface area contributed by atoms with Crippen LogP contribution in [0.3, 0.4) is 0 Å². The number of piperidine rings is 1. The summed E-state index contributed by atoms with van der Waals surface area (Å²) >= 11 is 0. The third-order valence-electron chi connectivity index (χ3n) is 2.60. The highest BCUT2D eigenvalue weighted by Crippen LogP contribution is 2.25. The van der Waals surface area contributed by atoms with Gasteiger partial charge in [-0.1, -0.05) is 0 Å². The van der Waals surface area contributed by atoms with Gasteiger partial charge in [-0.2, -0.15) is 13.2 Å². The minimum atomic E-state index is -4.84. The van der Waals surface area contributed by atoms with Crippen LogP contribution in [0, 0.1) is 0 Å². The van der Waals surface area contributed by atoms with Gasteiger partial charge < -0.3 is 15.7 Å². The number of alkyl halides is 3. The second-order valence-electron chi connectivity index (χ2n) is 3.72. The number of aliphatic hydroxyl groups is 1. The van der Waals surface area contributed by atoms with Crippen molar-refractivity contribution in [1.82, 2.24) is 4.90 Å². The summed E-state index contributed by atoms with van der Waals surface area (Å²) in [4.78, 5) is 11.5. The third-order valence-corrected chi connectivity index (χ3v) is 2.60. The zero-order chi connectivity index (χ0) is 11.7. The van der Waals surface area contributed by atoms with Crippen molar-refractivity contribution in [2.75, 3.05) is 19.6 Å². The molecular formula is C8H13F3N2O2. The van der Waals surface area contributed by atoms with E-state index in [-0.39, 0.29) is 32.5 Å². The molecule has 0 atom stereocenters. The Bertz CT molecular complexity index is 247. The van der Waals surface area contributed by atoms with Crippen molar-refractivity contribution in [1.29, 1.82) is 0 Å². The number of hydrogen-bond acceptors (Lipinski definition) is 3. The Labute approximate surface area is 84.8 Å². The van der Waals surface area contributed by atoms with Crippen LogP contribution in [0.25, 0.3) is 0 Å². The molecule has 4 nitrogen and oxygen atoms in total. The Hall–Kier alpha value is -0.820. The molecule has 1 heterocycles. The molecule has 0 aliphatic carbocycles. The SMILES string of the molecule is NCC1(O)CCN(C(=O)C(F)(F)F)CC1. The van der Waals surface area contributed by atoms with E-state index in [9.17, 15) is 23.1 Å². The first kappa shape index (κ1) is 12.3. The highest BCUT2D eigenvalue weighted by atomic mass is 19.4. The van der Waals surface area contributed by atoms with Gasteiger partial charge in [0.25, 0.3) is 0 Å². The molecule has 0 aromatic heterocycles. The summed E-state index contributed by atoms with van der Waals surface area (Å²) in [7, 11) is 0. The van der Waals surface area contributed by atoms with E-state index in [0.717, 1.165) is 0 Å². The first-order valence-electron chi connectivity index (χ1n) is 4.57. The van der Waals surface area contributed by atoms with Crippen molar-refractivity contribution >= 4 is 5.91 Å². The molecule has 1 aliphatic heterocycles. The van der Waals surface area contributed by atoms with Crippen LogP contribution in [0.1, 0.15) is 12.8 Å². The Morgan fingerprint density at radius 1 is 1.40 bits per heavy atom. The molecule has 7 heteroatoms. The fraction of sp³-hybridized carbons (Fsp3) is 0.875. The maximum absolute atomic E-state index is 12.0. The normalized spacial score (nSPS) is 21.5. The van der Waals surface area contributed by atoms with Gasteiger partial charge in [-0.15, -0.1) is 0 Å². The number of nitrogens with two attached hydrogens (primary N) is 1. The lowest BCUT2D eigenvalue weighted by Gasteiger charge is -2.37. The second-order valence-corrected chi connectivity index (χ2v) is 3.72. The van der Waals surface area contributed by atoms with Crippen LogP contribution < -0.4 is 5.73 Å². The van der Waals surface area contributed by atoms with Gasteiger partial charge in [0.15, 0.2) is 0 Å². The molecule has 0 unspecified atom stereocenters. The zero-order valence-electron chi connectivity index (χ0n) is 8.05. The van der Waals surface area contributed by atoms with E-state index >= 15 is 0 Å². The molecule has 1 saturated heterocycles. The number of nitrogens with zero attached hydrogens (tertiary/aromatic N) is 1. The van der Waals surface area contributed by atoms with E-state index in [0.29, 0.717) is 4.90 Å². The lowest BCUT2D eigenvalue weighted by atomic mass is 9.91. The Morgan fingerprint density at radius 3 is 2.20 bits per heavy atom. The number of hydrogen-bond donors (Lipinski definition) is 2. The molecule has 1 amide bonds. The van der Waals surface area contributed by atoms with E-state index in [2.05, 4.69) is 0 Å². The summed E-state index contributed by atoms with van der Waals surface area (Å²) < 4.78 is 36.1. The summed E-state index contributed by atoms with van der Waals surface area (Å²) in [6, 6.07) is 0. The molecule has 88 valence electrons. The van der Waals surface area contributed by atoms with Crippen LogP contribution in [0.5, 0.6) is 0 Å². The monoisotopic (exact) mass is 226 g/mol. The number of carbonyl (C=O) groups is 1. The summed E-state index contributed by atoms with van der Waals surface area (Å²) in [5.41, 5.74) is 4.15. The molecule has 1 fully saturated rings. The summed E-state index contributed by atoms with van der Waals surface area (Å²) in [5.74, 6) is -1.85. The van der Waals surface area contributed by atoms with Crippen LogP contribution in [-0.4, -0.2) is 47.3 Å². The minimum absolute atomic E-state index is 0.00104. The Kier molecular flexibility index (Phi) is 3.25. The largest absolute Gasteiger partial charge is 0.471 e. The van der Waals surface area contributed by atoms with Gasteiger partial charge in [0.1, 0.15) is 0 Å². The van der Waals surface area contributed by atoms with Crippen LogP contribution in [-0.2, 0) is 4.79 Å². The quantitative estimate of drug-likeness (QED) is 0.654. The topological polar surface area (TPSA) is 66.6 Å². The molecule has 3 N–H and O–H groups in total. The number of halogens is 3. The van der Waals surface area contributed by atoms with Crippen molar-refractivity contribution in [2.45, 2.75) is 24.6 Å². The van der Waals surface area contributed by atoms with Gasteiger partial charge in [-0.3, -0.25) is 4.79 Å². The fourth-order valence-electron chi connectivity index (χ4n) is 1.51. The van der Waals surface area contributed by atoms with Crippen molar-refractivity contribution < 1.29 is 23.1 Å². The molecule has 0 aromatic carbocycles. The number of rotatable bonds is 1. The van der Waals surface area contributed by atoms with Crippen molar-refractivity contribution in [3.05, 3.63) is 0 Å². The molecule has 0 spiro atoms. The number of carbonyl (C=O) groups excluding carboxylic acids is 1. The standard InChI is InChI=1S/C8H13F3N2O2/c9-8(10,11)6(14)13-3-1-7(15,5-12)2-4-13/h15H,1-5,12H2. The van der Waals surface area contributed by atoms with Crippen LogP contribution in [0.15, 0.2) is 0 Å². The summed E-state index contributed by atoms with van der Waals surface area (Å²) in [6.45, 7) is -0.209. The lowest BCUT2D eigenvalue weighted by Crippen LogP contribution is -2.52. The fourth-order valence-corrected chi connectivity index (χ4v) is 1.51. The highest BCUT2D eigenvalue weighted by Gasteiger charge is 2.44. The maximum atomic E-state index is 12.0. The number of likely N-dealkylation sites (tertiary alicyclic amines) is 1. The van der Waals surface area contributed by atoms with Gasteiger partial charge in [0.05, 0.1) is 5.60 Å². The van der Waals surface area contributed by atoms with Gasteiger partial charge in [0, 0.05) is 19.6 Å². The van der Waals surface area contributed by atoms with Gasteiger partial charge >= 0.3 is 12.1 Å². The van der Waals surface area contributed by atoms with E-state index in [1.807, 2.05) is 0 Å². The van der Waals surface area contributed by atoms with Crippen molar-refractivity contribution in [3.63, 3.8) is 0 Å². The molecule has 0 aromatic rings. The second kappa shape index (κ2) is 3.97. The first-order valence-corrected chi connectivity index (χ1v) is 4.57. The lowest BCUT2D eigenvalue weighted by molar-refractivity contribution is -0.188. The van der Waals surface area contributed by atoms with Gasteiger partial charge in [-0.05, 0) is 12.8 Å². The molecule has 0 saturated carbocycles. The third kappa shape index (κ3) is 2.82. The summed E-state index contributed by atoms with van der Waals surface area (Å²) in [6.07, 6.45) is -4.66. The van der Waals surface area contributed by atoms with E-state index in [1.165, 1.54) is 0 Å². The van der Waals surface area contributed by atoms with Crippen LogP contribution >= 0.6 is 0 Å². The van der Waals surface area contributed by atoms with E-state index in [4.69, 9.17) is 5.73 Å². The van der Waals surface area contributed by atoms with Crippen molar-refractivity contribution in [2.24, 2.45) is 5.73 Å². The van der Waals surface area contributed by atoms with E-state index in [1.54, 1.807) is 0 Å². The molecule has 1 rings (SSSR count). The molecule has 0 radical (unpaired) electrons. The molecular weight excluding hydrogens is 213 g/mol. The average Bonchev–Trinajstić information content (AvgIpc) is 2.17. The molecule has 1 aliphatic rings.